The normalized spacial score (nSPS) is 22.2. The smallest absolute Gasteiger partial charge is 0.416 e. The number of nitrogens with two attached hydrogens (primary N) is 1. The Bertz CT molecular complexity index is 1170. The van der Waals surface area contributed by atoms with Crippen molar-refractivity contribution < 1.29 is 32.3 Å². The summed E-state index contributed by atoms with van der Waals surface area (Å²) in [6.45, 7) is 3.06. The van der Waals surface area contributed by atoms with Gasteiger partial charge in [0, 0.05) is 19.6 Å². The van der Waals surface area contributed by atoms with Gasteiger partial charge in [0.2, 0.25) is 11.8 Å². The lowest BCUT2D eigenvalue weighted by Gasteiger charge is -2.53. The van der Waals surface area contributed by atoms with Gasteiger partial charge in [0.15, 0.2) is 0 Å². The van der Waals surface area contributed by atoms with Gasteiger partial charge in [0.1, 0.15) is 18.8 Å². The molecule has 2 aromatic carbocycles. The molecule has 3 atom stereocenters. The first-order chi connectivity index (χ1) is 17.5. The van der Waals surface area contributed by atoms with E-state index in [1.807, 2.05) is 30.3 Å². The van der Waals surface area contributed by atoms with Crippen molar-refractivity contribution in [2.45, 2.75) is 45.4 Å². The van der Waals surface area contributed by atoms with Crippen LogP contribution < -0.4 is 5.73 Å². The highest BCUT2D eigenvalue weighted by Crippen LogP contribution is 2.32. The first kappa shape index (κ1) is 26.5. The number of ether oxygens (including phenoxy) is 1. The number of rotatable bonds is 5. The Hall–Kier alpha value is -3.60. The Labute approximate surface area is 212 Å². The van der Waals surface area contributed by atoms with Crippen LogP contribution in [0.25, 0.3) is 0 Å². The van der Waals surface area contributed by atoms with Crippen LogP contribution in [0.5, 0.6) is 0 Å². The molecule has 37 heavy (non-hydrogen) atoms. The van der Waals surface area contributed by atoms with E-state index in [0.717, 1.165) is 17.7 Å². The molecular weight excluding hydrogens is 489 g/mol. The van der Waals surface area contributed by atoms with Crippen LogP contribution in [0.3, 0.4) is 0 Å². The fourth-order valence-electron chi connectivity index (χ4n) is 4.91. The van der Waals surface area contributed by atoms with Crippen LogP contribution in [0.4, 0.5) is 18.0 Å². The third kappa shape index (κ3) is 5.56. The highest BCUT2D eigenvalue weighted by atomic mass is 19.4. The quantitative estimate of drug-likeness (QED) is 0.656. The maximum atomic E-state index is 13.2. The summed E-state index contributed by atoms with van der Waals surface area (Å²) in [7, 11) is 0. The zero-order valence-corrected chi connectivity index (χ0v) is 20.6. The predicted molar refractivity (Wildman–Crippen MR) is 128 cm³/mol. The van der Waals surface area contributed by atoms with Gasteiger partial charge in [0.25, 0.3) is 0 Å². The molecule has 4 rings (SSSR count). The molecule has 0 aliphatic carbocycles. The van der Waals surface area contributed by atoms with E-state index in [2.05, 4.69) is 0 Å². The van der Waals surface area contributed by atoms with Gasteiger partial charge in [-0.1, -0.05) is 48.9 Å². The van der Waals surface area contributed by atoms with E-state index in [1.165, 1.54) is 22.8 Å². The van der Waals surface area contributed by atoms with Crippen LogP contribution in [0, 0.1) is 12.8 Å². The Kier molecular flexibility index (Phi) is 7.44. The molecule has 2 aliphatic rings. The van der Waals surface area contributed by atoms with Gasteiger partial charge < -0.3 is 20.3 Å². The lowest BCUT2D eigenvalue weighted by atomic mass is 9.98. The minimum Gasteiger partial charge on any atom is -0.444 e. The first-order valence-electron chi connectivity index (χ1n) is 12.0. The van der Waals surface area contributed by atoms with Crippen molar-refractivity contribution in [1.29, 1.82) is 0 Å². The van der Waals surface area contributed by atoms with Gasteiger partial charge in [-0.15, -0.1) is 0 Å². The van der Waals surface area contributed by atoms with Gasteiger partial charge in [0.05, 0.1) is 18.0 Å². The Morgan fingerprint density at radius 3 is 2.41 bits per heavy atom. The summed E-state index contributed by atoms with van der Waals surface area (Å²) < 4.78 is 45.0. The van der Waals surface area contributed by atoms with E-state index in [-0.39, 0.29) is 50.2 Å². The second-order valence-corrected chi connectivity index (χ2v) is 9.50. The summed E-state index contributed by atoms with van der Waals surface area (Å²) in [6.07, 6.45) is -6.12. The maximum Gasteiger partial charge on any atom is 0.416 e. The molecule has 11 heteroatoms. The van der Waals surface area contributed by atoms with Crippen LogP contribution in [-0.4, -0.2) is 64.4 Å². The molecule has 0 unspecified atom stereocenters. The second-order valence-electron chi connectivity index (χ2n) is 9.50. The molecule has 0 aromatic heterocycles. The molecule has 2 aliphatic heterocycles. The number of hydrogen-bond acceptors (Lipinski definition) is 5. The molecule has 8 nitrogen and oxygen atoms in total. The van der Waals surface area contributed by atoms with Crippen molar-refractivity contribution in [2.75, 3.05) is 19.6 Å². The van der Waals surface area contributed by atoms with E-state index in [4.69, 9.17) is 10.5 Å². The van der Waals surface area contributed by atoms with Gasteiger partial charge in [-0.3, -0.25) is 14.5 Å². The minimum absolute atomic E-state index is 0.0467. The molecule has 2 N–H and O–H groups in total. The zero-order chi connectivity index (χ0) is 26.9. The number of hydrogen-bond donors (Lipinski definition) is 1. The van der Waals surface area contributed by atoms with E-state index >= 15 is 0 Å². The fraction of sp³-hybridized carbons (Fsp3) is 0.423. The fourth-order valence-corrected chi connectivity index (χ4v) is 4.91. The summed E-state index contributed by atoms with van der Waals surface area (Å²) in [6, 6.07) is 11.8. The van der Waals surface area contributed by atoms with Gasteiger partial charge in [-0.25, -0.2) is 4.79 Å². The third-order valence-electron chi connectivity index (χ3n) is 6.64. The molecule has 0 radical (unpaired) electrons. The van der Waals surface area contributed by atoms with Crippen molar-refractivity contribution in [1.82, 2.24) is 14.7 Å². The lowest BCUT2D eigenvalue weighted by Crippen LogP contribution is -2.73. The van der Waals surface area contributed by atoms with Crippen LogP contribution in [-0.2, 0) is 33.7 Å². The summed E-state index contributed by atoms with van der Waals surface area (Å²) in [5, 5.41) is 0. The summed E-state index contributed by atoms with van der Waals surface area (Å²) >= 11 is 0. The number of halogens is 3. The van der Waals surface area contributed by atoms with E-state index < -0.39 is 36.0 Å². The average molecular weight is 519 g/mol. The number of carbonyl (C=O) groups excluding carboxylic acids is 3. The van der Waals surface area contributed by atoms with Crippen molar-refractivity contribution in [2.24, 2.45) is 11.7 Å². The molecule has 0 bridgehead atoms. The first-order valence-corrected chi connectivity index (χ1v) is 12.0. The number of benzene rings is 2. The Morgan fingerprint density at radius 2 is 1.76 bits per heavy atom. The third-order valence-corrected chi connectivity index (χ3v) is 6.64. The highest BCUT2D eigenvalue weighted by molar-refractivity contribution is 5.91. The van der Waals surface area contributed by atoms with Crippen LogP contribution in [0.15, 0.2) is 48.5 Å². The predicted octanol–water partition coefficient (Wildman–Crippen LogP) is 3.13. The number of carbonyl (C=O) groups is 3. The van der Waals surface area contributed by atoms with Crippen LogP contribution in [0.1, 0.15) is 29.2 Å². The lowest BCUT2D eigenvalue weighted by molar-refractivity contribution is -0.172. The number of aryl methyl sites for hydroxylation is 1. The monoisotopic (exact) mass is 518 g/mol. The van der Waals surface area contributed by atoms with E-state index in [9.17, 15) is 27.6 Å². The molecule has 0 spiro atoms. The average Bonchev–Trinajstić information content (AvgIpc) is 2.85. The minimum atomic E-state index is -4.53. The largest absolute Gasteiger partial charge is 0.444 e. The molecule has 198 valence electrons. The van der Waals surface area contributed by atoms with E-state index in [0.29, 0.717) is 5.56 Å². The van der Waals surface area contributed by atoms with Gasteiger partial charge in [-0.2, -0.15) is 13.2 Å². The number of nitrogens with zero attached hydrogens (tertiary/aromatic N) is 3. The number of alkyl halides is 3. The van der Waals surface area contributed by atoms with Crippen molar-refractivity contribution in [3.8, 4) is 0 Å². The van der Waals surface area contributed by atoms with Crippen LogP contribution in [0.2, 0.25) is 0 Å². The maximum absolute atomic E-state index is 13.2. The topological polar surface area (TPSA) is 96.2 Å². The molecule has 0 saturated carbocycles. The summed E-state index contributed by atoms with van der Waals surface area (Å²) in [5.41, 5.74) is 6.55. The van der Waals surface area contributed by atoms with Crippen molar-refractivity contribution in [3.05, 3.63) is 70.8 Å². The van der Waals surface area contributed by atoms with E-state index in [1.54, 1.807) is 11.8 Å². The van der Waals surface area contributed by atoms with Crippen LogP contribution >= 0.6 is 0 Å². The number of amides is 3. The standard InChI is InChI=1S/C26H29F3N4O4/c1-16-8-19(10-20(9-16)26(27,28)29)15-37-25(36)32-12-17(2)23(34)33-21(11-30)24(35)31(14-22(32)33)13-18-6-4-3-5-7-18/h3-10,17,21-22H,11-15,30H2,1-2H3/t17-,21-,22+/m0/s1. The molecule has 2 aromatic rings. The van der Waals surface area contributed by atoms with Crippen molar-refractivity contribution >= 4 is 17.9 Å². The Morgan fingerprint density at radius 1 is 1.05 bits per heavy atom. The second kappa shape index (κ2) is 10.4. The summed E-state index contributed by atoms with van der Waals surface area (Å²) in [5.74, 6) is -1.20. The number of fused-ring (bicyclic) bond motifs is 1. The Balaban J connectivity index is 1.56. The highest BCUT2D eigenvalue weighted by Gasteiger charge is 2.50. The molecule has 2 fully saturated rings. The molecule has 2 heterocycles. The van der Waals surface area contributed by atoms with Gasteiger partial charge >= 0.3 is 12.3 Å². The molecule has 2 saturated heterocycles. The van der Waals surface area contributed by atoms with Gasteiger partial charge in [-0.05, 0) is 30.2 Å². The zero-order valence-electron chi connectivity index (χ0n) is 20.6. The molecular formula is C26H29F3N4O4. The number of piperazine rings is 1. The molecule has 3 amide bonds. The van der Waals surface area contributed by atoms with Crippen molar-refractivity contribution in [3.63, 3.8) is 0 Å². The summed E-state index contributed by atoms with van der Waals surface area (Å²) in [4.78, 5) is 43.8. The SMILES string of the molecule is Cc1cc(COC(=O)N2C[C@H](C)C(=O)N3[C@@H]2CN(Cc2ccccc2)C(=O)[C@@H]3CN)cc(C(F)(F)F)c1.